The lowest BCUT2D eigenvalue weighted by molar-refractivity contribution is -0.117. The van der Waals surface area contributed by atoms with Crippen molar-refractivity contribution in [2.45, 2.75) is 12.3 Å². The van der Waals surface area contributed by atoms with E-state index >= 15 is 0 Å². The van der Waals surface area contributed by atoms with Gasteiger partial charge in [0.2, 0.25) is 5.91 Å². The number of imidazole rings is 1. The van der Waals surface area contributed by atoms with E-state index in [-0.39, 0.29) is 11.8 Å². The van der Waals surface area contributed by atoms with E-state index in [2.05, 4.69) is 27.4 Å². The second-order valence-electron chi connectivity index (χ2n) is 7.29. The molecule has 5 rings (SSSR count). The SMILES string of the molecule is Nc1ccc(-c2nc3ccc(NC(=O)C4CC4c4ccccc4)cc3[nH]2)cc1. The maximum Gasteiger partial charge on any atom is 0.228 e. The molecule has 4 N–H and O–H groups in total. The predicted octanol–water partition coefficient (Wildman–Crippen LogP) is 4.55. The average Bonchev–Trinajstić information content (AvgIpc) is 3.42. The van der Waals surface area contributed by atoms with Gasteiger partial charge >= 0.3 is 0 Å². The van der Waals surface area contributed by atoms with Crippen LogP contribution in [0.3, 0.4) is 0 Å². The van der Waals surface area contributed by atoms with Crippen molar-refractivity contribution in [3.05, 3.63) is 78.4 Å². The highest BCUT2D eigenvalue weighted by molar-refractivity contribution is 5.97. The van der Waals surface area contributed by atoms with Crippen LogP contribution in [0.1, 0.15) is 17.9 Å². The molecule has 1 aromatic heterocycles. The standard InChI is InChI=1S/C23H20N4O/c24-16-8-6-15(7-9-16)22-26-20-11-10-17(12-21(20)27-22)25-23(28)19-13-18(19)14-4-2-1-3-5-14/h1-12,18-19H,13,24H2,(H,25,28)(H,26,27). The second-order valence-corrected chi connectivity index (χ2v) is 7.29. The van der Waals surface area contributed by atoms with Gasteiger partial charge < -0.3 is 16.0 Å². The van der Waals surface area contributed by atoms with E-state index in [0.29, 0.717) is 5.92 Å². The minimum atomic E-state index is 0.0465. The maximum atomic E-state index is 12.6. The Kier molecular flexibility index (Phi) is 3.86. The van der Waals surface area contributed by atoms with Crippen molar-refractivity contribution in [3.8, 4) is 11.4 Å². The quantitative estimate of drug-likeness (QED) is 0.462. The lowest BCUT2D eigenvalue weighted by atomic mass is 10.1. The molecule has 1 heterocycles. The van der Waals surface area contributed by atoms with Crippen molar-refractivity contribution in [1.82, 2.24) is 9.97 Å². The smallest absolute Gasteiger partial charge is 0.228 e. The van der Waals surface area contributed by atoms with E-state index < -0.39 is 0 Å². The van der Waals surface area contributed by atoms with E-state index in [9.17, 15) is 4.79 Å². The van der Waals surface area contributed by atoms with Gasteiger partial charge in [-0.1, -0.05) is 30.3 Å². The summed E-state index contributed by atoms with van der Waals surface area (Å²) in [4.78, 5) is 20.5. The average molecular weight is 368 g/mol. The summed E-state index contributed by atoms with van der Waals surface area (Å²) in [5.41, 5.74) is 11.2. The highest BCUT2D eigenvalue weighted by Crippen LogP contribution is 2.47. The van der Waals surface area contributed by atoms with Gasteiger partial charge in [0.15, 0.2) is 0 Å². The third kappa shape index (κ3) is 3.11. The molecule has 5 nitrogen and oxygen atoms in total. The number of nitrogen functional groups attached to an aromatic ring is 1. The predicted molar refractivity (Wildman–Crippen MR) is 112 cm³/mol. The zero-order valence-electron chi connectivity index (χ0n) is 15.2. The van der Waals surface area contributed by atoms with Crippen molar-refractivity contribution >= 4 is 28.3 Å². The highest BCUT2D eigenvalue weighted by Gasteiger charge is 2.43. The zero-order chi connectivity index (χ0) is 19.1. The number of hydrogen-bond donors (Lipinski definition) is 3. The third-order valence-electron chi connectivity index (χ3n) is 5.29. The lowest BCUT2D eigenvalue weighted by Crippen LogP contribution is -2.14. The molecule has 2 unspecified atom stereocenters. The summed E-state index contributed by atoms with van der Waals surface area (Å²) >= 11 is 0. The maximum absolute atomic E-state index is 12.6. The van der Waals surface area contributed by atoms with E-state index in [1.54, 1.807) is 0 Å². The van der Waals surface area contributed by atoms with Crippen LogP contribution >= 0.6 is 0 Å². The number of nitrogens with one attached hydrogen (secondary N) is 2. The van der Waals surface area contributed by atoms with Crippen molar-refractivity contribution in [1.29, 1.82) is 0 Å². The lowest BCUT2D eigenvalue weighted by Gasteiger charge is -2.05. The molecule has 1 saturated carbocycles. The number of fused-ring (bicyclic) bond motifs is 1. The number of aromatic amines is 1. The largest absolute Gasteiger partial charge is 0.399 e. The zero-order valence-corrected chi connectivity index (χ0v) is 15.2. The Morgan fingerprint density at radius 1 is 1.04 bits per heavy atom. The number of carbonyl (C=O) groups is 1. The van der Waals surface area contributed by atoms with Gasteiger partial charge in [-0.05, 0) is 60.4 Å². The van der Waals surface area contributed by atoms with Crippen LogP contribution in [0.4, 0.5) is 11.4 Å². The van der Waals surface area contributed by atoms with Crippen molar-refractivity contribution in [3.63, 3.8) is 0 Å². The Hall–Kier alpha value is -3.60. The van der Waals surface area contributed by atoms with E-state index in [1.165, 1.54) is 5.56 Å². The molecular weight excluding hydrogens is 348 g/mol. The van der Waals surface area contributed by atoms with Crippen LogP contribution in [0, 0.1) is 5.92 Å². The number of rotatable bonds is 4. The fourth-order valence-electron chi connectivity index (χ4n) is 3.65. The summed E-state index contributed by atoms with van der Waals surface area (Å²) in [6.45, 7) is 0. The normalized spacial score (nSPS) is 18.1. The molecule has 0 radical (unpaired) electrons. The second kappa shape index (κ2) is 6.53. The van der Waals surface area contributed by atoms with Crippen LogP contribution in [0.25, 0.3) is 22.4 Å². The Bertz CT molecular complexity index is 1150. The fourth-order valence-corrected chi connectivity index (χ4v) is 3.65. The van der Waals surface area contributed by atoms with Gasteiger partial charge in [0, 0.05) is 22.9 Å². The number of hydrogen-bond acceptors (Lipinski definition) is 3. The summed E-state index contributed by atoms with van der Waals surface area (Å²) in [6.07, 6.45) is 0.906. The van der Waals surface area contributed by atoms with Crippen LogP contribution in [0.5, 0.6) is 0 Å². The van der Waals surface area contributed by atoms with E-state index in [1.807, 2.05) is 60.7 Å². The van der Waals surface area contributed by atoms with Crippen LogP contribution in [0.15, 0.2) is 72.8 Å². The van der Waals surface area contributed by atoms with E-state index in [4.69, 9.17) is 5.73 Å². The highest BCUT2D eigenvalue weighted by atomic mass is 16.2. The van der Waals surface area contributed by atoms with Gasteiger partial charge in [-0.3, -0.25) is 4.79 Å². The van der Waals surface area contributed by atoms with Crippen molar-refractivity contribution in [2.75, 3.05) is 11.1 Å². The first-order valence-corrected chi connectivity index (χ1v) is 9.39. The minimum absolute atomic E-state index is 0.0465. The molecule has 0 spiro atoms. The van der Waals surface area contributed by atoms with Gasteiger partial charge in [-0.2, -0.15) is 0 Å². The molecule has 0 bridgehead atoms. The molecule has 138 valence electrons. The van der Waals surface area contributed by atoms with Crippen LogP contribution in [-0.4, -0.2) is 15.9 Å². The van der Waals surface area contributed by atoms with Gasteiger partial charge in [-0.15, -0.1) is 0 Å². The Balaban J connectivity index is 1.33. The molecule has 1 fully saturated rings. The molecule has 0 aliphatic heterocycles. The molecule has 28 heavy (non-hydrogen) atoms. The summed E-state index contributed by atoms with van der Waals surface area (Å²) in [7, 11) is 0. The topological polar surface area (TPSA) is 83.8 Å². The first-order chi connectivity index (χ1) is 13.7. The van der Waals surface area contributed by atoms with E-state index in [0.717, 1.165) is 40.2 Å². The number of nitrogens with zero attached hydrogens (tertiary/aromatic N) is 1. The van der Waals surface area contributed by atoms with Gasteiger partial charge in [0.1, 0.15) is 5.82 Å². The van der Waals surface area contributed by atoms with Crippen LogP contribution < -0.4 is 11.1 Å². The third-order valence-corrected chi connectivity index (χ3v) is 5.29. The number of carbonyl (C=O) groups excluding carboxylic acids is 1. The molecular formula is C23H20N4O. The molecule has 2 atom stereocenters. The number of benzene rings is 3. The summed E-state index contributed by atoms with van der Waals surface area (Å²) in [5, 5.41) is 3.05. The van der Waals surface area contributed by atoms with Crippen LogP contribution in [0.2, 0.25) is 0 Å². The Morgan fingerprint density at radius 3 is 2.61 bits per heavy atom. The summed E-state index contributed by atoms with van der Waals surface area (Å²) < 4.78 is 0. The molecule has 4 aromatic rings. The minimum Gasteiger partial charge on any atom is -0.399 e. The van der Waals surface area contributed by atoms with Crippen LogP contribution in [-0.2, 0) is 4.79 Å². The number of anilines is 2. The number of amides is 1. The monoisotopic (exact) mass is 368 g/mol. The first-order valence-electron chi connectivity index (χ1n) is 9.39. The molecule has 1 aliphatic rings. The van der Waals surface area contributed by atoms with Crippen molar-refractivity contribution < 1.29 is 4.79 Å². The molecule has 1 aliphatic carbocycles. The number of aromatic nitrogens is 2. The molecule has 3 aromatic carbocycles. The number of H-pyrrole nitrogens is 1. The van der Waals surface area contributed by atoms with Gasteiger partial charge in [-0.25, -0.2) is 4.98 Å². The first kappa shape index (κ1) is 16.6. The molecule has 1 amide bonds. The van der Waals surface area contributed by atoms with Gasteiger partial charge in [0.05, 0.1) is 11.0 Å². The Labute approximate surface area is 162 Å². The molecule has 5 heteroatoms. The molecule has 0 saturated heterocycles. The Morgan fingerprint density at radius 2 is 1.82 bits per heavy atom. The number of nitrogens with two attached hydrogens (primary N) is 1. The fraction of sp³-hybridized carbons (Fsp3) is 0.130. The van der Waals surface area contributed by atoms with Crippen molar-refractivity contribution in [2.24, 2.45) is 5.92 Å². The summed E-state index contributed by atoms with van der Waals surface area (Å²) in [6, 6.07) is 23.6. The summed E-state index contributed by atoms with van der Waals surface area (Å²) in [5.74, 6) is 1.23. The van der Waals surface area contributed by atoms with Gasteiger partial charge in [0.25, 0.3) is 0 Å².